The van der Waals surface area contributed by atoms with Gasteiger partial charge >= 0.3 is 0 Å². The summed E-state index contributed by atoms with van der Waals surface area (Å²) in [7, 11) is 1.50. The lowest BCUT2D eigenvalue weighted by Gasteiger charge is -2.17. The maximum atomic E-state index is 13.2. The first-order valence-corrected chi connectivity index (χ1v) is 6.42. The first-order valence-electron chi connectivity index (χ1n) is 6.42. The molecular weight excluding hydrogens is 265 g/mol. The topological polar surface area (TPSA) is 73.9 Å². The highest BCUT2D eigenvalue weighted by Gasteiger charge is 2.32. The zero-order valence-corrected chi connectivity index (χ0v) is 12.1. The number of hydrogen-bond acceptors (Lipinski definition) is 5. The smallest absolute Gasteiger partial charge is 0.163 e. The predicted octanol–water partition coefficient (Wildman–Crippen LogP) is 1.42. The van der Waals surface area contributed by atoms with Gasteiger partial charge in [-0.05, 0) is 39.1 Å². The fourth-order valence-corrected chi connectivity index (χ4v) is 1.80. The van der Waals surface area contributed by atoms with Crippen LogP contribution in [0.3, 0.4) is 0 Å². The van der Waals surface area contributed by atoms with E-state index in [0.29, 0.717) is 19.0 Å². The average Bonchev–Trinajstić information content (AvgIpc) is 2.79. The lowest BCUT2D eigenvalue weighted by molar-refractivity contribution is -0.141. The fraction of sp³-hybridized carbons (Fsp3) is 0.571. The molecule has 1 aliphatic heterocycles. The van der Waals surface area contributed by atoms with E-state index in [1.165, 1.54) is 25.2 Å². The summed E-state index contributed by atoms with van der Waals surface area (Å²) in [6.45, 7) is 4.14. The van der Waals surface area contributed by atoms with Crippen LogP contribution in [0.5, 0.6) is 5.75 Å². The van der Waals surface area contributed by atoms with Gasteiger partial charge in [-0.25, -0.2) is 4.39 Å². The summed E-state index contributed by atoms with van der Waals surface area (Å²) in [6, 6.07) is 4.28. The first kappa shape index (κ1) is 16.8. The van der Waals surface area contributed by atoms with Crippen molar-refractivity contribution in [3.05, 3.63) is 29.6 Å². The zero-order chi connectivity index (χ0) is 15.2. The van der Waals surface area contributed by atoms with Crippen molar-refractivity contribution in [2.45, 2.75) is 32.3 Å². The molecule has 5 nitrogen and oxygen atoms in total. The van der Waals surface area contributed by atoms with Crippen molar-refractivity contribution in [3.8, 4) is 5.75 Å². The molecule has 0 saturated carbocycles. The summed E-state index contributed by atoms with van der Waals surface area (Å²) in [4.78, 5) is 0. The Balaban J connectivity index is 0.000000956. The van der Waals surface area contributed by atoms with Gasteiger partial charge in [0.05, 0.1) is 13.2 Å². The molecule has 2 rings (SSSR count). The summed E-state index contributed by atoms with van der Waals surface area (Å²) in [6.07, 6.45) is -0.136. The molecule has 0 spiro atoms. The normalized spacial score (nSPS) is 20.2. The van der Waals surface area contributed by atoms with Crippen LogP contribution in [0.2, 0.25) is 0 Å². The number of halogens is 1. The van der Waals surface area contributed by atoms with Gasteiger partial charge in [0.2, 0.25) is 0 Å². The van der Waals surface area contributed by atoms with Gasteiger partial charge in [0.25, 0.3) is 0 Å². The molecule has 1 saturated heterocycles. The second-order valence-corrected chi connectivity index (χ2v) is 4.67. The van der Waals surface area contributed by atoms with Gasteiger partial charge in [0, 0.05) is 5.56 Å². The molecule has 1 fully saturated rings. The highest BCUT2D eigenvalue weighted by molar-refractivity contribution is 5.29. The molecule has 20 heavy (non-hydrogen) atoms. The number of nitrogens with two attached hydrogens (primary N) is 1. The van der Waals surface area contributed by atoms with Gasteiger partial charge in [-0.15, -0.1) is 0 Å². The number of rotatable bonds is 4. The monoisotopic (exact) mass is 287 g/mol. The Morgan fingerprint density at radius 3 is 2.70 bits per heavy atom. The van der Waals surface area contributed by atoms with Gasteiger partial charge in [-0.1, -0.05) is 0 Å². The van der Waals surface area contributed by atoms with Crippen molar-refractivity contribution in [1.82, 2.24) is 0 Å². The quantitative estimate of drug-likeness (QED) is 0.876. The molecule has 0 amide bonds. The van der Waals surface area contributed by atoms with E-state index in [2.05, 4.69) is 5.73 Å². The van der Waals surface area contributed by atoms with E-state index in [9.17, 15) is 4.39 Å². The van der Waals surface area contributed by atoms with Gasteiger partial charge in [-0.2, -0.15) is 0 Å². The molecule has 0 aliphatic carbocycles. The van der Waals surface area contributed by atoms with Crippen LogP contribution in [0.25, 0.3) is 0 Å². The van der Waals surface area contributed by atoms with Crippen molar-refractivity contribution in [2.24, 2.45) is 5.73 Å². The highest BCUT2D eigenvalue weighted by atomic mass is 19.1. The Hall–Kier alpha value is -1.21. The molecule has 1 atom stereocenters. The highest BCUT2D eigenvalue weighted by Crippen LogP contribution is 2.23. The summed E-state index contributed by atoms with van der Waals surface area (Å²) < 4.78 is 29.6. The first-order chi connectivity index (χ1) is 9.50. The van der Waals surface area contributed by atoms with Crippen LogP contribution in [0, 0.1) is 5.82 Å². The van der Waals surface area contributed by atoms with E-state index in [0.717, 1.165) is 0 Å². The molecule has 0 radical (unpaired) electrons. The van der Waals surface area contributed by atoms with Crippen LogP contribution < -0.4 is 10.5 Å². The van der Waals surface area contributed by atoms with Crippen LogP contribution in [-0.4, -0.2) is 37.3 Å². The van der Waals surface area contributed by atoms with Crippen molar-refractivity contribution in [1.29, 1.82) is 0 Å². The van der Waals surface area contributed by atoms with Crippen LogP contribution in [0.1, 0.15) is 19.4 Å². The minimum Gasteiger partial charge on any atom is -0.491 e. The standard InChI is InChI=1S/C13H17FO4.CH5N/c1-13(2)17-8-11(18-13)7-16-10-3-4-12(14)9(5-10)6-15;1-2/h3-5,11,15H,6-8H2,1-2H3;2H2,1H3. The molecule has 1 unspecified atom stereocenters. The third-order valence-electron chi connectivity index (χ3n) is 2.69. The van der Waals surface area contributed by atoms with Crippen molar-refractivity contribution in [2.75, 3.05) is 20.3 Å². The molecule has 0 bridgehead atoms. The van der Waals surface area contributed by atoms with Crippen LogP contribution >= 0.6 is 0 Å². The molecule has 1 aromatic carbocycles. The van der Waals surface area contributed by atoms with Crippen LogP contribution in [0.4, 0.5) is 4.39 Å². The third-order valence-corrected chi connectivity index (χ3v) is 2.69. The van der Waals surface area contributed by atoms with Gasteiger partial charge < -0.3 is 25.1 Å². The Morgan fingerprint density at radius 2 is 2.15 bits per heavy atom. The summed E-state index contributed by atoms with van der Waals surface area (Å²) >= 11 is 0. The Bertz CT molecular complexity index is 426. The molecule has 1 heterocycles. The van der Waals surface area contributed by atoms with E-state index in [1.54, 1.807) is 0 Å². The van der Waals surface area contributed by atoms with Gasteiger partial charge in [-0.3, -0.25) is 0 Å². The van der Waals surface area contributed by atoms with E-state index in [4.69, 9.17) is 19.3 Å². The minimum absolute atomic E-state index is 0.136. The van der Waals surface area contributed by atoms with Gasteiger partial charge in [0.15, 0.2) is 5.79 Å². The van der Waals surface area contributed by atoms with E-state index < -0.39 is 11.6 Å². The predicted molar refractivity (Wildman–Crippen MR) is 72.8 cm³/mol. The number of aliphatic hydroxyl groups excluding tert-OH is 1. The number of benzene rings is 1. The lowest BCUT2D eigenvalue weighted by Crippen LogP contribution is -2.25. The molecule has 1 aromatic rings. The summed E-state index contributed by atoms with van der Waals surface area (Å²) in [5.74, 6) is -0.507. The lowest BCUT2D eigenvalue weighted by atomic mass is 10.2. The zero-order valence-electron chi connectivity index (χ0n) is 12.1. The summed E-state index contributed by atoms with van der Waals surface area (Å²) in [5, 5.41) is 8.95. The van der Waals surface area contributed by atoms with E-state index >= 15 is 0 Å². The van der Waals surface area contributed by atoms with E-state index in [-0.39, 0.29) is 18.3 Å². The Kier molecular flexibility index (Phi) is 6.35. The number of aliphatic hydroxyl groups is 1. The van der Waals surface area contributed by atoms with Crippen molar-refractivity contribution in [3.63, 3.8) is 0 Å². The van der Waals surface area contributed by atoms with Crippen LogP contribution in [0.15, 0.2) is 18.2 Å². The van der Waals surface area contributed by atoms with Crippen LogP contribution in [-0.2, 0) is 16.1 Å². The number of hydrogen-bond donors (Lipinski definition) is 2. The maximum Gasteiger partial charge on any atom is 0.163 e. The summed E-state index contributed by atoms with van der Waals surface area (Å²) in [5.41, 5.74) is 4.72. The molecule has 114 valence electrons. The van der Waals surface area contributed by atoms with Crippen molar-refractivity contribution < 1.29 is 23.7 Å². The molecule has 3 N–H and O–H groups in total. The molecule has 1 aliphatic rings. The largest absolute Gasteiger partial charge is 0.491 e. The molecule has 6 heteroatoms. The minimum atomic E-state index is -0.576. The van der Waals surface area contributed by atoms with Gasteiger partial charge in [0.1, 0.15) is 24.3 Å². The molecular formula is C14H22FNO4. The second kappa shape index (κ2) is 7.54. The number of ether oxygens (including phenoxy) is 3. The third kappa shape index (κ3) is 4.72. The molecule has 0 aromatic heterocycles. The van der Waals surface area contributed by atoms with E-state index in [1.807, 2.05) is 13.8 Å². The Morgan fingerprint density at radius 1 is 1.45 bits per heavy atom. The second-order valence-electron chi connectivity index (χ2n) is 4.67. The van der Waals surface area contributed by atoms with Crippen molar-refractivity contribution >= 4 is 0 Å². The average molecular weight is 287 g/mol. The fourth-order valence-electron chi connectivity index (χ4n) is 1.80. The Labute approximate surface area is 118 Å². The maximum absolute atomic E-state index is 13.2. The SMILES string of the molecule is CC1(C)OCC(COc2ccc(F)c(CO)c2)O1.CN.